The van der Waals surface area contributed by atoms with Crippen molar-refractivity contribution in [3.05, 3.63) is 29.6 Å². The predicted molar refractivity (Wildman–Crippen MR) is 59.0 cm³/mol. The third kappa shape index (κ3) is 2.69. The molecule has 0 heterocycles. The number of nitriles is 1. The summed E-state index contributed by atoms with van der Waals surface area (Å²) in [7, 11) is 0. The molecule has 1 atom stereocenters. The molecule has 0 amide bonds. The van der Waals surface area contributed by atoms with Crippen LogP contribution in [0.25, 0.3) is 0 Å². The SMILES string of the molecule is CC(C)C(C)Nc1cccc(F)c1C#N. The highest BCUT2D eigenvalue weighted by Crippen LogP contribution is 2.20. The highest BCUT2D eigenvalue weighted by molar-refractivity contribution is 5.58. The first-order chi connectivity index (χ1) is 7.06. The smallest absolute Gasteiger partial charge is 0.143 e. The number of hydrogen-bond donors (Lipinski definition) is 1. The van der Waals surface area contributed by atoms with Crippen LogP contribution in [0.3, 0.4) is 0 Å². The van der Waals surface area contributed by atoms with E-state index in [1.54, 1.807) is 12.1 Å². The fourth-order valence-corrected chi connectivity index (χ4v) is 1.17. The zero-order chi connectivity index (χ0) is 11.4. The number of benzene rings is 1. The van der Waals surface area contributed by atoms with Gasteiger partial charge < -0.3 is 5.32 Å². The zero-order valence-electron chi connectivity index (χ0n) is 9.21. The summed E-state index contributed by atoms with van der Waals surface area (Å²) in [5.41, 5.74) is 0.656. The average Bonchev–Trinajstić information content (AvgIpc) is 2.18. The molecule has 1 rings (SSSR count). The first kappa shape index (κ1) is 11.5. The Kier molecular flexibility index (Phi) is 3.68. The summed E-state index contributed by atoms with van der Waals surface area (Å²) in [6.45, 7) is 6.16. The van der Waals surface area contributed by atoms with Crippen LogP contribution < -0.4 is 5.32 Å². The van der Waals surface area contributed by atoms with Crippen LogP contribution >= 0.6 is 0 Å². The summed E-state index contributed by atoms with van der Waals surface area (Å²) in [6.07, 6.45) is 0. The van der Waals surface area contributed by atoms with Crippen LogP contribution in [0.2, 0.25) is 0 Å². The number of anilines is 1. The van der Waals surface area contributed by atoms with Gasteiger partial charge in [0.05, 0.1) is 5.69 Å². The maximum atomic E-state index is 13.2. The van der Waals surface area contributed by atoms with Gasteiger partial charge in [0.15, 0.2) is 0 Å². The van der Waals surface area contributed by atoms with Crippen molar-refractivity contribution in [2.75, 3.05) is 5.32 Å². The van der Waals surface area contributed by atoms with Crippen molar-refractivity contribution in [2.45, 2.75) is 26.8 Å². The van der Waals surface area contributed by atoms with Gasteiger partial charge in [-0.25, -0.2) is 4.39 Å². The molecule has 0 radical (unpaired) electrons. The van der Waals surface area contributed by atoms with Crippen molar-refractivity contribution in [1.29, 1.82) is 5.26 Å². The molecule has 1 aromatic carbocycles. The molecule has 1 N–H and O–H groups in total. The molecule has 3 heteroatoms. The van der Waals surface area contributed by atoms with E-state index in [4.69, 9.17) is 5.26 Å². The van der Waals surface area contributed by atoms with E-state index in [0.29, 0.717) is 11.6 Å². The quantitative estimate of drug-likeness (QED) is 0.824. The molecular formula is C12H15FN2. The number of rotatable bonds is 3. The topological polar surface area (TPSA) is 35.8 Å². The van der Waals surface area contributed by atoms with Crippen LogP contribution in [0.15, 0.2) is 18.2 Å². The van der Waals surface area contributed by atoms with Gasteiger partial charge in [0, 0.05) is 6.04 Å². The molecule has 0 aliphatic carbocycles. The summed E-state index contributed by atoms with van der Waals surface area (Å²) in [6, 6.07) is 6.70. The zero-order valence-corrected chi connectivity index (χ0v) is 9.21. The van der Waals surface area contributed by atoms with E-state index < -0.39 is 5.82 Å². The largest absolute Gasteiger partial charge is 0.381 e. The minimum absolute atomic E-state index is 0.0880. The fraction of sp³-hybridized carbons (Fsp3) is 0.417. The Hall–Kier alpha value is -1.56. The monoisotopic (exact) mass is 206 g/mol. The number of hydrogen-bond acceptors (Lipinski definition) is 2. The lowest BCUT2D eigenvalue weighted by Crippen LogP contribution is -2.22. The molecule has 0 aliphatic heterocycles. The minimum Gasteiger partial charge on any atom is -0.381 e. The molecule has 0 saturated carbocycles. The predicted octanol–water partition coefficient (Wildman–Crippen LogP) is 3.15. The molecule has 1 aromatic rings. The second-order valence-electron chi connectivity index (χ2n) is 3.95. The van der Waals surface area contributed by atoms with Crippen molar-refractivity contribution in [3.8, 4) is 6.07 Å². The second kappa shape index (κ2) is 4.79. The summed E-state index contributed by atoms with van der Waals surface area (Å²) in [4.78, 5) is 0. The van der Waals surface area contributed by atoms with Gasteiger partial charge in [-0.15, -0.1) is 0 Å². The molecule has 0 spiro atoms. The van der Waals surface area contributed by atoms with Crippen LogP contribution in [0.5, 0.6) is 0 Å². The molecule has 0 bridgehead atoms. The van der Waals surface area contributed by atoms with E-state index in [9.17, 15) is 4.39 Å². The molecule has 2 nitrogen and oxygen atoms in total. The van der Waals surface area contributed by atoms with Gasteiger partial charge in [-0.3, -0.25) is 0 Å². The molecular weight excluding hydrogens is 191 g/mol. The first-order valence-corrected chi connectivity index (χ1v) is 5.01. The van der Waals surface area contributed by atoms with Crippen molar-refractivity contribution in [1.82, 2.24) is 0 Å². The Morgan fingerprint density at radius 3 is 2.53 bits per heavy atom. The Morgan fingerprint density at radius 2 is 2.00 bits per heavy atom. The Balaban J connectivity index is 2.96. The van der Waals surface area contributed by atoms with Crippen LogP contribution in [-0.2, 0) is 0 Å². The third-order valence-electron chi connectivity index (χ3n) is 2.51. The summed E-state index contributed by atoms with van der Waals surface area (Å²) < 4.78 is 13.2. The molecule has 80 valence electrons. The Morgan fingerprint density at radius 1 is 1.33 bits per heavy atom. The van der Waals surface area contributed by atoms with Gasteiger partial charge in [-0.05, 0) is 25.0 Å². The molecule has 0 saturated heterocycles. The minimum atomic E-state index is -0.474. The maximum Gasteiger partial charge on any atom is 0.143 e. The first-order valence-electron chi connectivity index (χ1n) is 5.01. The van der Waals surface area contributed by atoms with Crippen molar-refractivity contribution >= 4 is 5.69 Å². The van der Waals surface area contributed by atoms with Crippen molar-refractivity contribution in [2.24, 2.45) is 5.92 Å². The van der Waals surface area contributed by atoms with E-state index in [2.05, 4.69) is 19.2 Å². The molecule has 15 heavy (non-hydrogen) atoms. The van der Waals surface area contributed by atoms with E-state index in [1.165, 1.54) is 6.07 Å². The van der Waals surface area contributed by atoms with Crippen LogP contribution in [0, 0.1) is 23.1 Å². The standard InChI is InChI=1S/C12H15FN2/c1-8(2)9(3)15-12-6-4-5-11(13)10(12)7-14/h4-6,8-9,15H,1-3H3. The van der Waals surface area contributed by atoms with E-state index >= 15 is 0 Å². The molecule has 1 unspecified atom stereocenters. The fourth-order valence-electron chi connectivity index (χ4n) is 1.17. The van der Waals surface area contributed by atoms with Crippen molar-refractivity contribution < 1.29 is 4.39 Å². The summed E-state index contributed by atoms with van der Waals surface area (Å²) in [5, 5.41) is 12.0. The van der Waals surface area contributed by atoms with Crippen molar-refractivity contribution in [3.63, 3.8) is 0 Å². The van der Waals surface area contributed by atoms with Gasteiger partial charge in [0.2, 0.25) is 0 Å². The molecule has 0 aliphatic rings. The van der Waals surface area contributed by atoms with E-state index in [0.717, 1.165) is 0 Å². The number of halogens is 1. The number of nitrogens with one attached hydrogen (secondary N) is 1. The lowest BCUT2D eigenvalue weighted by Gasteiger charge is -2.19. The third-order valence-corrected chi connectivity index (χ3v) is 2.51. The Labute approximate surface area is 89.7 Å². The normalized spacial score (nSPS) is 12.3. The highest BCUT2D eigenvalue weighted by atomic mass is 19.1. The maximum absolute atomic E-state index is 13.2. The summed E-state index contributed by atoms with van der Waals surface area (Å²) >= 11 is 0. The Bertz CT molecular complexity index is 380. The van der Waals surface area contributed by atoms with Gasteiger partial charge >= 0.3 is 0 Å². The lowest BCUT2D eigenvalue weighted by molar-refractivity contribution is 0.558. The van der Waals surface area contributed by atoms with Gasteiger partial charge in [-0.1, -0.05) is 19.9 Å². The van der Waals surface area contributed by atoms with Gasteiger partial charge in [0.1, 0.15) is 17.4 Å². The molecule has 0 aromatic heterocycles. The molecule has 0 fully saturated rings. The van der Waals surface area contributed by atoms with Crippen LogP contribution in [0.4, 0.5) is 10.1 Å². The number of nitrogens with zero attached hydrogens (tertiary/aromatic N) is 1. The van der Waals surface area contributed by atoms with Crippen LogP contribution in [0.1, 0.15) is 26.3 Å². The van der Waals surface area contributed by atoms with Crippen LogP contribution in [-0.4, -0.2) is 6.04 Å². The second-order valence-corrected chi connectivity index (χ2v) is 3.95. The summed E-state index contributed by atoms with van der Waals surface area (Å²) in [5.74, 6) is -0.0433. The van der Waals surface area contributed by atoms with E-state index in [1.807, 2.05) is 13.0 Å². The van der Waals surface area contributed by atoms with Gasteiger partial charge in [-0.2, -0.15) is 5.26 Å². The average molecular weight is 206 g/mol. The lowest BCUT2D eigenvalue weighted by atomic mass is 10.1. The highest BCUT2D eigenvalue weighted by Gasteiger charge is 2.11. The van der Waals surface area contributed by atoms with Gasteiger partial charge in [0.25, 0.3) is 0 Å². The van der Waals surface area contributed by atoms with E-state index in [-0.39, 0.29) is 11.6 Å².